The summed E-state index contributed by atoms with van der Waals surface area (Å²) < 4.78 is 5.37. The lowest BCUT2D eigenvalue weighted by molar-refractivity contribution is 0.113. The summed E-state index contributed by atoms with van der Waals surface area (Å²) in [5.74, 6) is 4.76. The molecule has 1 heteroatoms. The second-order valence-electron chi connectivity index (χ2n) is 9.18. The van der Waals surface area contributed by atoms with Gasteiger partial charge in [0.1, 0.15) is 5.75 Å². The van der Waals surface area contributed by atoms with Gasteiger partial charge in [0, 0.05) is 0 Å². The SMILES string of the molecule is CCCCCC1CCC2C[C@H](c3ccc4cc(OC)ccc4c3)CC[C@@H]2C1. The molecule has 1 nitrogen and oxygen atoms in total. The standard InChI is InChI=1S/C26H36O/c1-3-4-5-6-19-7-8-21-16-22(10-9-20(21)15-19)23-11-12-25-18-26(27-2)14-13-24(25)17-23/h11-14,17-22H,3-10,15-16H2,1-2H3/t19?,20-,21?,22-/m1/s1. The molecule has 2 aliphatic carbocycles. The Labute approximate surface area is 165 Å². The molecule has 2 fully saturated rings. The zero-order chi connectivity index (χ0) is 18.6. The number of hydrogen-bond acceptors (Lipinski definition) is 1. The van der Waals surface area contributed by atoms with Gasteiger partial charge in [-0.1, -0.05) is 63.3 Å². The fourth-order valence-corrected chi connectivity index (χ4v) is 5.86. The maximum absolute atomic E-state index is 5.37. The molecule has 0 heterocycles. The Morgan fingerprint density at radius 1 is 0.852 bits per heavy atom. The minimum atomic E-state index is 0.773. The van der Waals surface area contributed by atoms with Gasteiger partial charge in [-0.15, -0.1) is 0 Å². The molecule has 2 aromatic carbocycles. The minimum absolute atomic E-state index is 0.773. The van der Waals surface area contributed by atoms with Gasteiger partial charge in [0.15, 0.2) is 0 Å². The van der Waals surface area contributed by atoms with E-state index in [9.17, 15) is 0 Å². The molecular weight excluding hydrogens is 328 g/mol. The second kappa shape index (κ2) is 8.67. The lowest BCUT2D eigenvalue weighted by atomic mass is 9.63. The van der Waals surface area contributed by atoms with Gasteiger partial charge in [-0.2, -0.15) is 0 Å². The van der Waals surface area contributed by atoms with Crippen molar-refractivity contribution in [3.05, 3.63) is 42.0 Å². The quantitative estimate of drug-likeness (QED) is 0.476. The van der Waals surface area contributed by atoms with E-state index in [4.69, 9.17) is 4.74 Å². The number of ether oxygens (including phenoxy) is 1. The van der Waals surface area contributed by atoms with Crippen LogP contribution in [0.3, 0.4) is 0 Å². The molecule has 146 valence electrons. The molecule has 2 aromatic rings. The van der Waals surface area contributed by atoms with E-state index in [0.717, 1.165) is 29.4 Å². The largest absolute Gasteiger partial charge is 0.497 e. The van der Waals surface area contributed by atoms with E-state index >= 15 is 0 Å². The van der Waals surface area contributed by atoms with Crippen molar-refractivity contribution in [2.75, 3.05) is 7.11 Å². The summed E-state index contributed by atoms with van der Waals surface area (Å²) in [4.78, 5) is 0. The normalized spacial score (nSPS) is 28.1. The van der Waals surface area contributed by atoms with E-state index in [2.05, 4.69) is 43.3 Å². The first kappa shape index (κ1) is 18.8. The topological polar surface area (TPSA) is 9.23 Å². The molecule has 0 N–H and O–H groups in total. The Morgan fingerprint density at radius 2 is 1.63 bits per heavy atom. The van der Waals surface area contributed by atoms with Crippen LogP contribution in [0.15, 0.2) is 36.4 Å². The first-order chi connectivity index (χ1) is 13.3. The average Bonchev–Trinajstić information content (AvgIpc) is 2.72. The van der Waals surface area contributed by atoms with Crippen molar-refractivity contribution < 1.29 is 4.74 Å². The molecule has 0 spiro atoms. The zero-order valence-corrected chi connectivity index (χ0v) is 17.3. The first-order valence-corrected chi connectivity index (χ1v) is 11.3. The van der Waals surface area contributed by atoms with Gasteiger partial charge < -0.3 is 4.74 Å². The lowest BCUT2D eigenvalue weighted by Crippen LogP contribution is -2.30. The summed E-state index contributed by atoms with van der Waals surface area (Å²) in [6.07, 6.45) is 14.5. The highest BCUT2D eigenvalue weighted by molar-refractivity contribution is 5.84. The molecular formula is C26H36O. The Kier molecular flexibility index (Phi) is 6.05. The molecule has 0 bridgehead atoms. The highest BCUT2D eigenvalue weighted by Gasteiger charge is 2.35. The van der Waals surface area contributed by atoms with E-state index in [-0.39, 0.29) is 0 Å². The van der Waals surface area contributed by atoms with Crippen LogP contribution in [0.1, 0.15) is 82.6 Å². The number of benzene rings is 2. The molecule has 0 aromatic heterocycles. The van der Waals surface area contributed by atoms with Crippen molar-refractivity contribution in [3.63, 3.8) is 0 Å². The highest BCUT2D eigenvalue weighted by Crippen LogP contribution is 2.48. The summed E-state index contributed by atoms with van der Waals surface area (Å²) in [5.41, 5.74) is 1.57. The van der Waals surface area contributed by atoms with Gasteiger partial charge in [-0.05, 0) is 84.2 Å². The molecule has 2 aliphatic rings. The van der Waals surface area contributed by atoms with Gasteiger partial charge in [0.2, 0.25) is 0 Å². The van der Waals surface area contributed by atoms with E-state index in [1.807, 2.05) is 0 Å². The van der Waals surface area contributed by atoms with Gasteiger partial charge in [0.05, 0.1) is 7.11 Å². The number of fused-ring (bicyclic) bond motifs is 2. The fraction of sp³-hybridized carbons (Fsp3) is 0.615. The summed E-state index contributed by atoms with van der Waals surface area (Å²) in [6, 6.07) is 13.6. The zero-order valence-electron chi connectivity index (χ0n) is 17.3. The molecule has 4 rings (SSSR count). The van der Waals surface area contributed by atoms with E-state index in [1.165, 1.54) is 75.0 Å². The smallest absolute Gasteiger partial charge is 0.119 e. The maximum Gasteiger partial charge on any atom is 0.119 e. The molecule has 0 aliphatic heterocycles. The van der Waals surface area contributed by atoms with E-state index in [1.54, 1.807) is 12.7 Å². The summed E-state index contributed by atoms with van der Waals surface area (Å²) in [7, 11) is 1.74. The Balaban J connectivity index is 1.39. The number of methoxy groups -OCH3 is 1. The van der Waals surface area contributed by atoms with Crippen molar-refractivity contribution in [1.82, 2.24) is 0 Å². The van der Waals surface area contributed by atoms with Crippen molar-refractivity contribution in [2.24, 2.45) is 17.8 Å². The molecule has 0 radical (unpaired) electrons. The van der Waals surface area contributed by atoms with Crippen LogP contribution in [0.5, 0.6) is 5.75 Å². The number of unbranched alkanes of at least 4 members (excludes halogenated alkanes) is 2. The third-order valence-corrected chi connectivity index (χ3v) is 7.48. The van der Waals surface area contributed by atoms with Crippen LogP contribution < -0.4 is 4.74 Å². The van der Waals surface area contributed by atoms with E-state index in [0.29, 0.717) is 0 Å². The van der Waals surface area contributed by atoms with Crippen LogP contribution >= 0.6 is 0 Å². The summed E-state index contributed by atoms with van der Waals surface area (Å²) in [6.45, 7) is 2.32. The van der Waals surface area contributed by atoms with Crippen LogP contribution in [-0.4, -0.2) is 7.11 Å². The van der Waals surface area contributed by atoms with Crippen LogP contribution in [0.2, 0.25) is 0 Å². The monoisotopic (exact) mass is 364 g/mol. The second-order valence-corrected chi connectivity index (χ2v) is 9.18. The molecule has 27 heavy (non-hydrogen) atoms. The average molecular weight is 365 g/mol. The maximum atomic E-state index is 5.37. The summed E-state index contributed by atoms with van der Waals surface area (Å²) in [5, 5.41) is 2.65. The van der Waals surface area contributed by atoms with Crippen LogP contribution in [0.4, 0.5) is 0 Å². The van der Waals surface area contributed by atoms with Crippen molar-refractivity contribution in [1.29, 1.82) is 0 Å². The molecule has 4 atom stereocenters. The predicted molar refractivity (Wildman–Crippen MR) is 116 cm³/mol. The minimum Gasteiger partial charge on any atom is -0.497 e. The Morgan fingerprint density at radius 3 is 2.48 bits per heavy atom. The molecule has 2 saturated carbocycles. The predicted octanol–water partition coefficient (Wildman–Crippen LogP) is 7.73. The van der Waals surface area contributed by atoms with Gasteiger partial charge in [-0.3, -0.25) is 0 Å². The fourth-order valence-electron chi connectivity index (χ4n) is 5.86. The lowest BCUT2D eigenvalue weighted by Gasteiger charge is -2.42. The molecule has 0 saturated heterocycles. The van der Waals surface area contributed by atoms with Crippen LogP contribution in [-0.2, 0) is 0 Å². The number of rotatable bonds is 6. The van der Waals surface area contributed by atoms with Gasteiger partial charge >= 0.3 is 0 Å². The van der Waals surface area contributed by atoms with Gasteiger partial charge in [0.25, 0.3) is 0 Å². The van der Waals surface area contributed by atoms with Crippen LogP contribution in [0, 0.1) is 17.8 Å². The molecule has 0 amide bonds. The first-order valence-electron chi connectivity index (χ1n) is 11.3. The Bertz CT molecular complexity index is 749. The third-order valence-electron chi connectivity index (χ3n) is 7.48. The highest BCUT2D eigenvalue weighted by atomic mass is 16.5. The van der Waals surface area contributed by atoms with E-state index < -0.39 is 0 Å². The van der Waals surface area contributed by atoms with Crippen molar-refractivity contribution in [2.45, 2.75) is 77.0 Å². The number of hydrogen-bond donors (Lipinski definition) is 0. The van der Waals surface area contributed by atoms with Crippen molar-refractivity contribution in [3.8, 4) is 5.75 Å². The van der Waals surface area contributed by atoms with Gasteiger partial charge in [-0.25, -0.2) is 0 Å². The van der Waals surface area contributed by atoms with Crippen molar-refractivity contribution >= 4 is 10.8 Å². The molecule has 2 unspecified atom stereocenters. The summed E-state index contributed by atoms with van der Waals surface area (Å²) >= 11 is 0. The van der Waals surface area contributed by atoms with Crippen LogP contribution in [0.25, 0.3) is 10.8 Å². The Hall–Kier alpha value is -1.50. The third kappa shape index (κ3) is 4.33.